The van der Waals surface area contributed by atoms with Crippen molar-refractivity contribution in [1.29, 1.82) is 0 Å². The minimum Gasteiger partial charge on any atom is -0.310 e. The lowest BCUT2D eigenvalue weighted by atomic mass is 9.86. The van der Waals surface area contributed by atoms with Crippen molar-refractivity contribution in [2.75, 3.05) is 6.54 Å². The van der Waals surface area contributed by atoms with Crippen LogP contribution in [0.4, 0.5) is 0 Å². The third-order valence-electron chi connectivity index (χ3n) is 3.44. The van der Waals surface area contributed by atoms with Gasteiger partial charge >= 0.3 is 0 Å². The number of benzene rings is 1. The van der Waals surface area contributed by atoms with Gasteiger partial charge in [-0.25, -0.2) is 0 Å². The molecule has 0 spiro atoms. The van der Waals surface area contributed by atoms with Crippen molar-refractivity contribution >= 4 is 0 Å². The van der Waals surface area contributed by atoms with Gasteiger partial charge in [0.2, 0.25) is 0 Å². The molecule has 1 atom stereocenters. The van der Waals surface area contributed by atoms with Gasteiger partial charge in [-0.3, -0.25) is 0 Å². The Balaban J connectivity index is 2.86. The molecule has 0 radical (unpaired) electrons. The molecule has 0 amide bonds. The topological polar surface area (TPSA) is 12.0 Å². The fourth-order valence-corrected chi connectivity index (χ4v) is 2.33. The summed E-state index contributed by atoms with van der Waals surface area (Å²) in [6, 6.07) is 7.28. The summed E-state index contributed by atoms with van der Waals surface area (Å²) in [4.78, 5) is 0. The van der Waals surface area contributed by atoms with Crippen LogP contribution in [0.25, 0.3) is 0 Å². The van der Waals surface area contributed by atoms with E-state index in [-0.39, 0.29) is 0 Å². The molecule has 102 valence electrons. The van der Waals surface area contributed by atoms with Gasteiger partial charge < -0.3 is 5.32 Å². The number of hydrogen-bond donors (Lipinski definition) is 1. The Morgan fingerprint density at radius 3 is 2.39 bits per heavy atom. The molecule has 0 saturated carbocycles. The molecular weight excluding hydrogens is 218 g/mol. The summed E-state index contributed by atoms with van der Waals surface area (Å²) in [6.07, 6.45) is 2.46. The Labute approximate surface area is 113 Å². The molecule has 0 bridgehead atoms. The normalized spacial score (nSPS) is 13.7. The second-order valence-corrected chi connectivity index (χ2v) is 6.57. The van der Waals surface area contributed by atoms with Crippen molar-refractivity contribution in [3.8, 4) is 0 Å². The van der Waals surface area contributed by atoms with Crippen molar-refractivity contribution in [1.82, 2.24) is 5.32 Å². The molecule has 0 aliphatic carbocycles. The van der Waals surface area contributed by atoms with E-state index in [1.165, 1.54) is 29.5 Å². The predicted octanol–water partition coefficient (Wildman–Crippen LogP) is 4.78. The summed E-state index contributed by atoms with van der Waals surface area (Å²) < 4.78 is 0. The Morgan fingerprint density at radius 1 is 1.17 bits per heavy atom. The maximum Gasteiger partial charge on any atom is 0.0323 e. The third kappa shape index (κ3) is 4.81. The lowest BCUT2D eigenvalue weighted by molar-refractivity contribution is 0.333. The lowest BCUT2D eigenvalue weighted by Gasteiger charge is -2.25. The van der Waals surface area contributed by atoms with Crippen molar-refractivity contribution in [3.63, 3.8) is 0 Å². The van der Waals surface area contributed by atoms with Crippen LogP contribution in [0.2, 0.25) is 0 Å². The van der Waals surface area contributed by atoms with Gasteiger partial charge in [0.05, 0.1) is 0 Å². The van der Waals surface area contributed by atoms with Crippen LogP contribution in [0.1, 0.15) is 63.3 Å². The number of hydrogen-bond acceptors (Lipinski definition) is 1. The third-order valence-corrected chi connectivity index (χ3v) is 3.44. The van der Waals surface area contributed by atoms with Crippen LogP contribution in [-0.2, 0) is 0 Å². The Bertz CT molecular complexity index is 374. The van der Waals surface area contributed by atoms with E-state index in [2.05, 4.69) is 65.1 Å². The molecule has 1 unspecified atom stereocenters. The zero-order chi connectivity index (χ0) is 13.8. The molecule has 1 nitrogen and oxygen atoms in total. The average molecular weight is 247 g/mol. The van der Waals surface area contributed by atoms with E-state index < -0.39 is 0 Å². The molecule has 1 aromatic carbocycles. The summed E-state index contributed by atoms with van der Waals surface area (Å²) in [7, 11) is 0. The summed E-state index contributed by atoms with van der Waals surface area (Å²) in [6.45, 7) is 14.6. The van der Waals surface area contributed by atoms with Gasteiger partial charge in [0.25, 0.3) is 0 Å². The minimum atomic E-state index is 0.408. The van der Waals surface area contributed by atoms with E-state index in [1.807, 2.05) is 0 Å². The van der Waals surface area contributed by atoms with Gasteiger partial charge in [-0.1, -0.05) is 51.5 Å². The molecular formula is C17H29N. The molecule has 0 heterocycles. The molecule has 1 N–H and O–H groups in total. The molecule has 1 aromatic rings. The standard InChI is InChI=1S/C17H29N/c1-7-18-16(10-11-17(4,5)6)15-12-13(2)8-9-14(15)3/h8-9,12,16,18H,7,10-11H2,1-6H3. The zero-order valence-corrected chi connectivity index (χ0v) is 12.9. The van der Waals surface area contributed by atoms with E-state index in [9.17, 15) is 0 Å². The molecule has 1 heteroatoms. The van der Waals surface area contributed by atoms with Gasteiger partial charge in [-0.2, -0.15) is 0 Å². The highest BCUT2D eigenvalue weighted by molar-refractivity contribution is 5.33. The Morgan fingerprint density at radius 2 is 1.83 bits per heavy atom. The van der Waals surface area contributed by atoms with Crippen molar-refractivity contribution in [2.24, 2.45) is 5.41 Å². The van der Waals surface area contributed by atoms with Gasteiger partial charge in [-0.05, 0) is 49.8 Å². The molecule has 0 aromatic heterocycles. The zero-order valence-electron chi connectivity index (χ0n) is 12.9. The van der Waals surface area contributed by atoms with E-state index in [4.69, 9.17) is 0 Å². The van der Waals surface area contributed by atoms with Crippen LogP contribution in [0, 0.1) is 19.3 Å². The van der Waals surface area contributed by atoms with Crippen molar-refractivity contribution in [2.45, 2.75) is 60.4 Å². The molecule has 0 aliphatic rings. The summed E-state index contributed by atoms with van der Waals surface area (Å²) in [5, 5.41) is 3.64. The molecule has 18 heavy (non-hydrogen) atoms. The van der Waals surface area contributed by atoms with Crippen LogP contribution in [0.5, 0.6) is 0 Å². The first-order chi connectivity index (χ1) is 8.33. The molecule has 1 rings (SSSR count). The van der Waals surface area contributed by atoms with E-state index in [0.717, 1.165) is 6.54 Å². The van der Waals surface area contributed by atoms with Gasteiger partial charge in [0, 0.05) is 6.04 Å². The van der Waals surface area contributed by atoms with Gasteiger partial charge in [0.1, 0.15) is 0 Å². The van der Waals surface area contributed by atoms with Crippen LogP contribution < -0.4 is 5.32 Å². The number of rotatable bonds is 5. The summed E-state index contributed by atoms with van der Waals surface area (Å²) >= 11 is 0. The maximum atomic E-state index is 3.64. The Kier molecular flexibility index (Phi) is 5.40. The number of aryl methyl sites for hydroxylation is 2. The second-order valence-electron chi connectivity index (χ2n) is 6.57. The minimum absolute atomic E-state index is 0.408. The lowest BCUT2D eigenvalue weighted by Crippen LogP contribution is -2.23. The molecule has 0 fully saturated rings. The van der Waals surface area contributed by atoms with E-state index >= 15 is 0 Å². The SMILES string of the molecule is CCNC(CCC(C)(C)C)c1cc(C)ccc1C. The van der Waals surface area contributed by atoms with Gasteiger partial charge in [-0.15, -0.1) is 0 Å². The first-order valence-corrected chi connectivity index (χ1v) is 7.14. The molecule has 0 aliphatic heterocycles. The fourth-order valence-electron chi connectivity index (χ4n) is 2.33. The quantitative estimate of drug-likeness (QED) is 0.789. The van der Waals surface area contributed by atoms with E-state index in [1.54, 1.807) is 0 Å². The van der Waals surface area contributed by atoms with Crippen molar-refractivity contribution in [3.05, 3.63) is 34.9 Å². The van der Waals surface area contributed by atoms with Crippen LogP contribution in [0.3, 0.4) is 0 Å². The first-order valence-electron chi connectivity index (χ1n) is 7.14. The average Bonchev–Trinajstić information content (AvgIpc) is 2.26. The Hall–Kier alpha value is -0.820. The highest BCUT2D eigenvalue weighted by atomic mass is 14.9. The van der Waals surface area contributed by atoms with Gasteiger partial charge in [0.15, 0.2) is 0 Å². The summed E-state index contributed by atoms with van der Waals surface area (Å²) in [5.41, 5.74) is 4.64. The predicted molar refractivity (Wildman–Crippen MR) is 81.0 cm³/mol. The van der Waals surface area contributed by atoms with Crippen molar-refractivity contribution < 1.29 is 0 Å². The molecule has 0 saturated heterocycles. The van der Waals surface area contributed by atoms with Crippen LogP contribution in [-0.4, -0.2) is 6.54 Å². The maximum absolute atomic E-state index is 3.64. The summed E-state index contributed by atoms with van der Waals surface area (Å²) in [5.74, 6) is 0. The van der Waals surface area contributed by atoms with Crippen LogP contribution >= 0.6 is 0 Å². The fraction of sp³-hybridized carbons (Fsp3) is 0.647. The van der Waals surface area contributed by atoms with Crippen LogP contribution in [0.15, 0.2) is 18.2 Å². The number of nitrogens with one attached hydrogen (secondary N) is 1. The monoisotopic (exact) mass is 247 g/mol. The smallest absolute Gasteiger partial charge is 0.0323 e. The highest BCUT2D eigenvalue weighted by Gasteiger charge is 2.17. The second kappa shape index (κ2) is 6.38. The first kappa shape index (κ1) is 15.2. The largest absolute Gasteiger partial charge is 0.310 e. The van der Waals surface area contributed by atoms with E-state index in [0.29, 0.717) is 11.5 Å². The highest BCUT2D eigenvalue weighted by Crippen LogP contribution is 2.29.